The number of nitrogens with zero attached hydrogens (tertiary/aromatic N) is 1. The number of aromatic nitrogens is 1. The maximum absolute atomic E-state index is 9.74. The van der Waals surface area contributed by atoms with Gasteiger partial charge in [-0.05, 0) is 5.41 Å². The lowest BCUT2D eigenvalue weighted by Crippen LogP contribution is -2.42. The van der Waals surface area contributed by atoms with Crippen molar-refractivity contribution in [3.63, 3.8) is 0 Å². The fourth-order valence-electron chi connectivity index (χ4n) is 0.839. The molecule has 0 aromatic carbocycles. The molecule has 0 saturated heterocycles. The van der Waals surface area contributed by atoms with Gasteiger partial charge in [-0.1, -0.05) is 32.1 Å². The summed E-state index contributed by atoms with van der Waals surface area (Å²) in [6.45, 7) is 6.83. The lowest BCUT2D eigenvalue weighted by Gasteiger charge is -2.22. The van der Waals surface area contributed by atoms with E-state index in [9.17, 15) is 5.11 Å². The van der Waals surface area contributed by atoms with E-state index in [2.05, 4.69) is 0 Å². The Morgan fingerprint density at radius 3 is 2.58 bits per heavy atom. The van der Waals surface area contributed by atoms with Crippen LogP contribution in [0.5, 0.6) is 0 Å². The molecule has 0 amide bonds. The van der Waals surface area contributed by atoms with E-state index in [-0.39, 0.29) is 11.5 Å². The smallest absolute Gasteiger partial charge is 0.224 e. The molecule has 1 atom stereocenters. The summed E-state index contributed by atoms with van der Waals surface area (Å²) in [4.78, 5) is 0. The van der Waals surface area contributed by atoms with Gasteiger partial charge < -0.3 is 5.11 Å². The highest BCUT2D eigenvalue weighted by atomic mass is 32.1. The van der Waals surface area contributed by atoms with Gasteiger partial charge in [-0.2, -0.15) is 4.57 Å². The maximum Gasteiger partial charge on any atom is 0.224 e. The minimum atomic E-state index is -0.280. The minimum Gasteiger partial charge on any atom is -0.386 e. The van der Waals surface area contributed by atoms with Crippen LogP contribution in [0.3, 0.4) is 0 Å². The lowest BCUT2D eigenvalue weighted by molar-refractivity contribution is -0.701. The molecule has 1 aromatic heterocycles. The van der Waals surface area contributed by atoms with Crippen molar-refractivity contribution < 1.29 is 9.67 Å². The van der Waals surface area contributed by atoms with Gasteiger partial charge >= 0.3 is 0 Å². The van der Waals surface area contributed by atoms with Crippen LogP contribution in [0.15, 0.2) is 17.1 Å². The molecule has 0 fully saturated rings. The number of rotatable bonds is 2. The number of hydrogen-bond acceptors (Lipinski definition) is 2. The summed E-state index contributed by atoms with van der Waals surface area (Å²) in [5.74, 6) is 0. The zero-order chi connectivity index (χ0) is 9.19. The quantitative estimate of drug-likeness (QED) is 0.694. The summed E-state index contributed by atoms with van der Waals surface area (Å²) in [6, 6.07) is 0. The largest absolute Gasteiger partial charge is 0.386 e. The molecule has 0 saturated carbocycles. The Morgan fingerprint density at radius 2 is 2.17 bits per heavy atom. The highest BCUT2D eigenvalue weighted by molar-refractivity contribution is 7.07. The molecule has 3 heteroatoms. The molecule has 12 heavy (non-hydrogen) atoms. The molecule has 0 aliphatic rings. The molecule has 1 N–H and O–H groups in total. The predicted molar refractivity (Wildman–Crippen MR) is 50.0 cm³/mol. The first kappa shape index (κ1) is 9.68. The average molecular weight is 186 g/mol. The molecule has 2 nitrogen and oxygen atoms in total. The standard InChI is InChI=1S/C9H16NOS/c1-9(2,3)8(11)6-10-4-5-12-7-10/h4-5,7-8,11H,6H2,1-3H3/q+1. The molecule has 0 aliphatic carbocycles. The van der Waals surface area contributed by atoms with E-state index in [4.69, 9.17) is 0 Å². The van der Waals surface area contributed by atoms with Gasteiger partial charge in [-0.25, -0.2) is 0 Å². The zero-order valence-electron chi connectivity index (χ0n) is 7.82. The number of aliphatic hydroxyl groups excluding tert-OH is 1. The van der Waals surface area contributed by atoms with Crippen LogP contribution >= 0.6 is 11.3 Å². The molecule has 1 aromatic rings. The Morgan fingerprint density at radius 1 is 1.50 bits per heavy atom. The molecule has 0 radical (unpaired) electrons. The second-order valence-electron chi connectivity index (χ2n) is 4.11. The maximum atomic E-state index is 9.74. The van der Waals surface area contributed by atoms with Crippen LogP contribution in [0.1, 0.15) is 20.8 Å². The van der Waals surface area contributed by atoms with Gasteiger partial charge in [0.05, 0.1) is 5.38 Å². The number of aliphatic hydroxyl groups is 1. The second kappa shape index (κ2) is 3.54. The number of thiazole rings is 1. The van der Waals surface area contributed by atoms with Crippen molar-refractivity contribution in [2.24, 2.45) is 5.41 Å². The molecule has 1 heterocycles. The summed E-state index contributed by atoms with van der Waals surface area (Å²) < 4.78 is 2.01. The molecular formula is C9H16NOS+. The zero-order valence-corrected chi connectivity index (χ0v) is 8.64. The molecule has 1 rings (SSSR count). The molecule has 1 unspecified atom stereocenters. The van der Waals surface area contributed by atoms with Crippen molar-refractivity contribution in [3.05, 3.63) is 17.1 Å². The van der Waals surface area contributed by atoms with Crippen molar-refractivity contribution in [2.75, 3.05) is 0 Å². The molecule has 0 aliphatic heterocycles. The van der Waals surface area contributed by atoms with Crippen LogP contribution in [-0.4, -0.2) is 11.2 Å². The highest BCUT2D eigenvalue weighted by Crippen LogP contribution is 2.18. The summed E-state index contributed by atoms with van der Waals surface area (Å²) in [5, 5.41) is 11.8. The van der Waals surface area contributed by atoms with E-state index in [0.717, 1.165) is 0 Å². The first-order chi connectivity index (χ1) is 5.50. The van der Waals surface area contributed by atoms with Crippen LogP contribution < -0.4 is 4.57 Å². The van der Waals surface area contributed by atoms with Gasteiger partial charge in [0, 0.05) is 0 Å². The van der Waals surface area contributed by atoms with Crippen LogP contribution in [0, 0.1) is 5.41 Å². The van der Waals surface area contributed by atoms with Gasteiger partial charge in [0.25, 0.3) is 0 Å². The van der Waals surface area contributed by atoms with Crippen molar-refractivity contribution in [2.45, 2.75) is 33.4 Å². The van der Waals surface area contributed by atoms with Crippen molar-refractivity contribution in [1.82, 2.24) is 0 Å². The van der Waals surface area contributed by atoms with E-state index in [0.29, 0.717) is 6.54 Å². The van der Waals surface area contributed by atoms with Crippen molar-refractivity contribution >= 4 is 11.3 Å². The van der Waals surface area contributed by atoms with Gasteiger partial charge in [0.1, 0.15) is 6.10 Å². The Labute approximate surface area is 77.5 Å². The molecule has 0 spiro atoms. The SMILES string of the molecule is CC(C)(C)C(O)C[n+]1ccsc1. The molecule has 68 valence electrons. The van der Waals surface area contributed by atoms with Crippen molar-refractivity contribution in [1.29, 1.82) is 0 Å². The van der Waals surface area contributed by atoms with Crippen LogP contribution in [0.25, 0.3) is 0 Å². The van der Waals surface area contributed by atoms with E-state index in [1.807, 2.05) is 42.4 Å². The van der Waals surface area contributed by atoms with Gasteiger partial charge in [0.15, 0.2) is 12.7 Å². The highest BCUT2D eigenvalue weighted by Gasteiger charge is 2.25. The first-order valence-corrected chi connectivity index (χ1v) is 5.04. The average Bonchev–Trinajstić information content (AvgIpc) is 2.37. The molecular weight excluding hydrogens is 170 g/mol. The van der Waals surface area contributed by atoms with E-state index in [1.54, 1.807) is 11.3 Å². The van der Waals surface area contributed by atoms with Crippen LogP contribution in [0.2, 0.25) is 0 Å². The number of hydrogen-bond donors (Lipinski definition) is 1. The Bertz CT molecular complexity index is 225. The fraction of sp³-hybridized carbons (Fsp3) is 0.667. The topological polar surface area (TPSA) is 24.1 Å². The van der Waals surface area contributed by atoms with Gasteiger partial charge in [0.2, 0.25) is 5.51 Å². The van der Waals surface area contributed by atoms with E-state index < -0.39 is 0 Å². The van der Waals surface area contributed by atoms with Gasteiger partial charge in [-0.3, -0.25) is 0 Å². The summed E-state index contributed by atoms with van der Waals surface area (Å²) in [7, 11) is 0. The normalized spacial score (nSPS) is 14.7. The summed E-state index contributed by atoms with van der Waals surface area (Å²) >= 11 is 1.64. The third-order valence-electron chi connectivity index (χ3n) is 1.91. The Hall–Kier alpha value is -0.410. The van der Waals surface area contributed by atoms with Crippen LogP contribution in [0.4, 0.5) is 0 Å². The molecule has 0 bridgehead atoms. The minimum absolute atomic E-state index is 0.0328. The van der Waals surface area contributed by atoms with E-state index >= 15 is 0 Å². The second-order valence-corrected chi connectivity index (χ2v) is 4.86. The third-order valence-corrected chi connectivity index (χ3v) is 2.58. The predicted octanol–water partition coefficient (Wildman–Crippen LogP) is 1.44. The monoisotopic (exact) mass is 186 g/mol. The summed E-state index contributed by atoms with van der Waals surface area (Å²) in [6.07, 6.45) is 1.71. The lowest BCUT2D eigenvalue weighted by atomic mass is 9.89. The van der Waals surface area contributed by atoms with Crippen LogP contribution in [-0.2, 0) is 6.54 Å². The van der Waals surface area contributed by atoms with Crippen molar-refractivity contribution in [3.8, 4) is 0 Å². The fourth-order valence-corrected chi connectivity index (χ4v) is 1.45. The summed E-state index contributed by atoms with van der Waals surface area (Å²) in [5.41, 5.74) is 1.98. The van der Waals surface area contributed by atoms with Gasteiger partial charge in [-0.15, -0.1) is 0 Å². The van der Waals surface area contributed by atoms with E-state index in [1.165, 1.54) is 0 Å². The first-order valence-electron chi connectivity index (χ1n) is 4.09. The Kier molecular flexibility index (Phi) is 2.85. The Balaban J connectivity index is 2.53. The third kappa shape index (κ3) is 2.57.